The van der Waals surface area contributed by atoms with Gasteiger partial charge in [-0.3, -0.25) is 0 Å². The zero-order valence-corrected chi connectivity index (χ0v) is 10.9. The summed E-state index contributed by atoms with van der Waals surface area (Å²) in [5.41, 5.74) is 0.822. The summed E-state index contributed by atoms with van der Waals surface area (Å²) in [6.07, 6.45) is 1.56. The highest BCUT2D eigenvalue weighted by molar-refractivity contribution is 5.43. The number of aliphatic hydroxyl groups is 1. The van der Waals surface area contributed by atoms with Crippen LogP contribution in [0, 0.1) is 0 Å². The largest absolute Gasteiger partial charge is 0.493 e. The lowest BCUT2D eigenvalue weighted by molar-refractivity contribution is 0.00633. The highest BCUT2D eigenvalue weighted by Gasteiger charge is 2.18. The number of hydrogen-bond donors (Lipinski definition) is 1. The fourth-order valence-electron chi connectivity index (χ4n) is 2.03. The predicted octanol–water partition coefficient (Wildman–Crippen LogP) is 2.31. The molecule has 1 saturated heterocycles. The van der Waals surface area contributed by atoms with Crippen molar-refractivity contribution in [3.05, 3.63) is 23.8 Å². The highest BCUT2D eigenvalue weighted by atomic mass is 16.5. The summed E-state index contributed by atoms with van der Waals surface area (Å²) in [5, 5.41) is 9.60. The van der Waals surface area contributed by atoms with E-state index in [2.05, 4.69) is 0 Å². The van der Waals surface area contributed by atoms with E-state index in [0.29, 0.717) is 18.1 Å². The summed E-state index contributed by atoms with van der Waals surface area (Å²) in [6.45, 7) is 3.15. The molecule has 1 aromatic carbocycles. The average Bonchev–Trinajstić information content (AvgIpc) is 2.39. The van der Waals surface area contributed by atoms with Crippen LogP contribution in [0.15, 0.2) is 18.2 Å². The van der Waals surface area contributed by atoms with Gasteiger partial charge in [-0.25, -0.2) is 0 Å². The molecule has 0 amide bonds. The van der Waals surface area contributed by atoms with Gasteiger partial charge in [-0.05, 0) is 37.5 Å². The molecule has 2 unspecified atom stereocenters. The van der Waals surface area contributed by atoms with E-state index < -0.39 is 6.10 Å². The second-order valence-electron chi connectivity index (χ2n) is 4.54. The third-order valence-corrected chi connectivity index (χ3v) is 3.08. The number of hydrogen-bond acceptors (Lipinski definition) is 4. The minimum atomic E-state index is -0.513. The fraction of sp³-hybridized carbons (Fsp3) is 0.571. The van der Waals surface area contributed by atoms with Crippen LogP contribution in [0.4, 0.5) is 0 Å². The Bertz CT molecular complexity index is 383. The summed E-state index contributed by atoms with van der Waals surface area (Å²) in [5.74, 6) is 1.36. The predicted molar refractivity (Wildman–Crippen MR) is 68.1 cm³/mol. The third-order valence-electron chi connectivity index (χ3n) is 3.08. The van der Waals surface area contributed by atoms with Crippen molar-refractivity contribution in [1.82, 2.24) is 0 Å². The standard InChI is InChI=1S/C14H20O4/c1-10(15)11-5-6-13(16-2)14(8-11)18-12-4-3-7-17-9-12/h5-6,8,10,12,15H,3-4,7,9H2,1-2H3. The number of methoxy groups -OCH3 is 1. The number of benzene rings is 1. The van der Waals surface area contributed by atoms with Crippen molar-refractivity contribution in [2.24, 2.45) is 0 Å². The molecule has 0 aliphatic carbocycles. The monoisotopic (exact) mass is 252 g/mol. The van der Waals surface area contributed by atoms with Gasteiger partial charge in [0.25, 0.3) is 0 Å². The van der Waals surface area contributed by atoms with Gasteiger partial charge in [0.05, 0.1) is 19.8 Å². The Labute approximate surface area is 107 Å². The Hall–Kier alpha value is -1.26. The van der Waals surface area contributed by atoms with Gasteiger partial charge >= 0.3 is 0 Å². The molecule has 4 nitrogen and oxygen atoms in total. The van der Waals surface area contributed by atoms with Crippen LogP contribution in [0.25, 0.3) is 0 Å². The maximum atomic E-state index is 9.60. The zero-order valence-electron chi connectivity index (χ0n) is 10.9. The highest BCUT2D eigenvalue weighted by Crippen LogP contribution is 2.32. The van der Waals surface area contributed by atoms with Crippen LogP contribution in [0.1, 0.15) is 31.4 Å². The molecule has 1 heterocycles. The first-order valence-electron chi connectivity index (χ1n) is 6.31. The Morgan fingerprint density at radius 3 is 2.83 bits per heavy atom. The van der Waals surface area contributed by atoms with E-state index in [1.165, 1.54) is 0 Å². The smallest absolute Gasteiger partial charge is 0.162 e. The minimum absolute atomic E-state index is 0.0666. The van der Waals surface area contributed by atoms with Crippen molar-refractivity contribution in [1.29, 1.82) is 0 Å². The Kier molecular flexibility index (Phi) is 4.44. The Morgan fingerprint density at radius 1 is 1.39 bits per heavy atom. The van der Waals surface area contributed by atoms with Crippen LogP contribution in [0.5, 0.6) is 11.5 Å². The molecule has 1 aliphatic heterocycles. The first-order valence-corrected chi connectivity index (χ1v) is 6.31. The molecule has 4 heteroatoms. The van der Waals surface area contributed by atoms with Crippen molar-refractivity contribution >= 4 is 0 Å². The summed E-state index contributed by atoms with van der Waals surface area (Å²) >= 11 is 0. The second-order valence-corrected chi connectivity index (χ2v) is 4.54. The van der Waals surface area contributed by atoms with Gasteiger partial charge in [-0.2, -0.15) is 0 Å². The lowest BCUT2D eigenvalue weighted by Crippen LogP contribution is -2.28. The summed E-state index contributed by atoms with van der Waals surface area (Å²) in [6, 6.07) is 5.49. The molecule has 0 spiro atoms. The molecule has 0 bridgehead atoms. The molecule has 1 fully saturated rings. The van der Waals surface area contributed by atoms with Gasteiger partial charge in [0, 0.05) is 6.61 Å². The molecule has 18 heavy (non-hydrogen) atoms. The van der Waals surface area contributed by atoms with Gasteiger partial charge in [0.2, 0.25) is 0 Å². The van der Waals surface area contributed by atoms with Gasteiger partial charge in [0.15, 0.2) is 11.5 Å². The van der Waals surface area contributed by atoms with Crippen molar-refractivity contribution < 1.29 is 19.3 Å². The molecule has 0 radical (unpaired) electrons. The van der Waals surface area contributed by atoms with E-state index in [0.717, 1.165) is 25.0 Å². The number of rotatable bonds is 4. The first kappa shape index (κ1) is 13.2. The number of ether oxygens (including phenoxy) is 3. The van der Waals surface area contributed by atoms with E-state index in [9.17, 15) is 5.11 Å². The second kappa shape index (κ2) is 6.07. The van der Waals surface area contributed by atoms with E-state index >= 15 is 0 Å². The van der Waals surface area contributed by atoms with Gasteiger partial charge in [-0.1, -0.05) is 6.07 Å². The summed E-state index contributed by atoms with van der Waals surface area (Å²) in [4.78, 5) is 0. The lowest BCUT2D eigenvalue weighted by Gasteiger charge is -2.24. The topological polar surface area (TPSA) is 47.9 Å². The van der Waals surface area contributed by atoms with Gasteiger partial charge in [0.1, 0.15) is 6.10 Å². The van der Waals surface area contributed by atoms with Crippen LogP contribution >= 0.6 is 0 Å². The molecule has 100 valence electrons. The van der Waals surface area contributed by atoms with Crippen LogP contribution in [0.2, 0.25) is 0 Å². The molecular weight excluding hydrogens is 232 g/mol. The van der Waals surface area contributed by atoms with Crippen molar-refractivity contribution in [2.75, 3.05) is 20.3 Å². The van der Waals surface area contributed by atoms with Crippen molar-refractivity contribution in [2.45, 2.75) is 32.0 Å². The minimum Gasteiger partial charge on any atom is -0.493 e. The zero-order chi connectivity index (χ0) is 13.0. The third kappa shape index (κ3) is 3.15. The first-order chi connectivity index (χ1) is 8.70. The average molecular weight is 252 g/mol. The van der Waals surface area contributed by atoms with Crippen LogP contribution in [-0.4, -0.2) is 31.5 Å². The van der Waals surface area contributed by atoms with Gasteiger partial charge < -0.3 is 19.3 Å². The summed E-state index contributed by atoms with van der Waals surface area (Å²) in [7, 11) is 1.61. The quantitative estimate of drug-likeness (QED) is 0.893. The van der Waals surface area contributed by atoms with Crippen LogP contribution in [-0.2, 0) is 4.74 Å². The van der Waals surface area contributed by atoms with E-state index in [-0.39, 0.29) is 6.10 Å². The lowest BCUT2D eigenvalue weighted by atomic mass is 10.1. The van der Waals surface area contributed by atoms with E-state index in [1.54, 1.807) is 14.0 Å². The van der Waals surface area contributed by atoms with Crippen molar-refractivity contribution in [3.63, 3.8) is 0 Å². The molecular formula is C14H20O4. The molecule has 0 saturated carbocycles. The maximum Gasteiger partial charge on any atom is 0.162 e. The normalized spacial score (nSPS) is 21.4. The van der Waals surface area contributed by atoms with Crippen molar-refractivity contribution in [3.8, 4) is 11.5 Å². The molecule has 2 atom stereocenters. The molecule has 0 aromatic heterocycles. The molecule has 1 aliphatic rings. The van der Waals surface area contributed by atoms with Gasteiger partial charge in [-0.15, -0.1) is 0 Å². The van der Waals surface area contributed by atoms with E-state index in [1.807, 2.05) is 18.2 Å². The fourth-order valence-corrected chi connectivity index (χ4v) is 2.03. The van der Waals surface area contributed by atoms with Crippen LogP contribution in [0.3, 0.4) is 0 Å². The maximum absolute atomic E-state index is 9.60. The molecule has 2 rings (SSSR count). The van der Waals surface area contributed by atoms with Crippen LogP contribution < -0.4 is 9.47 Å². The SMILES string of the molecule is COc1ccc(C(C)O)cc1OC1CCCOC1. The van der Waals surface area contributed by atoms with E-state index in [4.69, 9.17) is 14.2 Å². The number of aliphatic hydroxyl groups excluding tert-OH is 1. The Balaban J connectivity index is 2.15. The molecule has 1 aromatic rings. The summed E-state index contributed by atoms with van der Waals surface area (Å²) < 4.78 is 16.6. The molecule has 1 N–H and O–H groups in total. The Morgan fingerprint density at radius 2 is 2.22 bits per heavy atom.